The maximum Gasteiger partial charge on any atom is 0.287 e. The third-order valence-electron chi connectivity index (χ3n) is 7.37. The standard InChI is InChI=1S/C30H35NO4/c1-19-17-22-23(30(4,5)15-14-29(22,2)3)18-21(19)27(32)25-11-12-26(35-25)28(33)31-16-13-20-9-7-8-10-24(20)34-6/h7-12,17-18H,13-16H2,1-6H3,(H,31,33). The molecule has 0 bridgehead atoms. The number of aryl methyl sites for hydroxylation is 1. The van der Waals surface area contributed by atoms with Gasteiger partial charge >= 0.3 is 0 Å². The van der Waals surface area contributed by atoms with E-state index >= 15 is 0 Å². The number of ether oxygens (including phenoxy) is 1. The Kier molecular flexibility index (Phi) is 6.63. The van der Waals surface area contributed by atoms with E-state index in [0.29, 0.717) is 18.5 Å². The number of nitrogens with one attached hydrogen (secondary N) is 1. The number of hydrogen-bond acceptors (Lipinski definition) is 4. The molecule has 0 atom stereocenters. The maximum atomic E-state index is 13.4. The molecule has 4 rings (SSSR count). The van der Waals surface area contributed by atoms with Crippen LogP contribution in [0.4, 0.5) is 0 Å². The Labute approximate surface area is 207 Å². The highest BCUT2D eigenvalue weighted by atomic mass is 16.5. The first-order chi connectivity index (χ1) is 16.5. The molecule has 5 heteroatoms. The molecule has 0 aliphatic heterocycles. The van der Waals surface area contributed by atoms with Crippen LogP contribution in [-0.2, 0) is 17.3 Å². The first-order valence-corrected chi connectivity index (χ1v) is 12.2. The van der Waals surface area contributed by atoms with Gasteiger partial charge in [0, 0.05) is 12.1 Å². The summed E-state index contributed by atoms with van der Waals surface area (Å²) < 4.78 is 11.1. The van der Waals surface area contributed by atoms with Crippen molar-refractivity contribution >= 4 is 11.7 Å². The summed E-state index contributed by atoms with van der Waals surface area (Å²) in [7, 11) is 1.63. The van der Waals surface area contributed by atoms with E-state index in [-0.39, 0.29) is 34.0 Å². The molecule has 1 amide bonds. The fraction of sp³-hybridized carbons (Fsp3) is 0.400. The van der Waals surface area contributed by atoms with E-state index in [1.165, 1.54) is 11.1 Å². The van der Waals surface area contributed by atoms with Crippen LogP contribution in [0.5, 0.6) is 5.75 Å². The summed E-state index contributed by atoms with van der Waals surface area (Å²) in [5, 5.41) is 2.86. The van der Waals surface area contributed by atoms with Gasteiger partial charge in [-0.05, 0) is 83.5 Å². The van der Waals surface area contributed by atoms with Crippen LogP contribution in [-0.4, -0.2) is 25.3 Å². The smallest absolute Gasteiger partial charge is 0.287 e. The lowest BCUT2D eigenvalue weighted by Crippen LogP contribution is -2.34. The summed E-state index contributed by atoms with van der Waals surface area (Å²) in [6, 6.07) is 15.1. The Hall–Kier alpha value is -3.34. The van der Waals surface area contributed by atoms with E-state index in [2.05, 4.69) is 39.1 Å². The van der Waals surface area contributed by atoms with Gasteiger partial charge < -0.3 is 14.5 Å². The van der Waals surface area contributed by atoms with Crippen molar-refractivity contribution < 1.29 is 18.7 Å². The number of rotatable bonds is 7. The molecule has 35 heavy (non-hydrogen) atoms. The average molecular weight is 474 g/mol. The van der Waals surface area contributed by atoms with Crippen molar-refractivity contribution in [2.45, 2.75) is 64.7 Å². The van der Waals surface area contributed by atoms with Gasteiger partial charge in [-0.1, -0.05) is 52.0 Å². The second-order valence-corrected chi connectivity index (χ2v) is 10.8. The predicted octanol–water partition coefficient (Wildman–Crippen LogP) is 6.15. The number of ketones is 1. The van der Waals surface area contributed by atoms with Gasteiger partial charge in [-0.25, -0.2) is 0 Å². The zero-order valence-corrected chi connectivity index (χ0v) is 21.6. The van der Waals surface area contributed by atoms with Crippen LogP contribution in [0.2, 0.25) is 0 Å². The first kappa shape index (κ1) is 24.8. The van der Waals surface area contributed by atoms with Gasteiger partial charge in [0.2, 0.25) is 5.78 Å². The predicted molar refractivity (Wildman–Crippen MR) is 138 cm³/mol. The number of para-hydroxylation sites is 1. The molecule has 1 aliphatic carbocycles. The van der Waals surface area contributed by atoms with Gasteiger partial charge in [-0.2, -0.15) is 0 Å². The van der Waals surface area contributed by atoms with Gasteiger partial charge in [-0.15, -0.1) is 0 Å². The highest BCUT2D eigenvalue weighted by Gasteiger charge is 2.38. The summed E-state index contributed by atoms with van der Waals surface area (Å²) in [6.07, 6.45) is 2.82. The Bertz CT molecular complexity index is 1270. The minimum Gasteiger partial charge on any atom is -0.496 e. The van der Waals surface area contributed by atoms with Crippen LogP contribution in [0, 0.1) is 6.92 Å². The summed E-state index contributed by atoms with van der Waals surface area (Å²) in [5.41, 5.74) is 5.20. The molecule has 184 valence electrons. The molecule has 1 N–H and O–H groups in total. The summed E-state index contributed by atoms with van der Waals surface area (Å²) in [6.45, 7) is 11.4. The van der Waals surface area contributed by atoms with Crippen LogP contribution >= 0.6 is 0 Å². The molecule has 0 fully saturated rings. The maximum absolute atomic E-state index is 13.4. The molecular weight excluding hydrogens is 438 g/mol. The Balaban J connectivity index is 1.50. The number of carbonyl (C=O) groups is 2. The third kappa shape index (κ3) is 4.90. The Morgan fingerprint density at radius 1 is 0.943 bits per heavy atom. The number of hydrogen-bond donors (Lipinski definition) is 1. The van der Waals surface area contributed by atoms with Gasteiger partial charge in [0.05, 0.1) is 7.11 Å². The highest BCUT2D eigenvalue weighted by Crippen LogP contribution is 2.46. The lowest BCUT2D eigenvalue weighted by molar-refractivity contribution is 0.0920. The van der Waals surface area contributed by atoms with Crippen molar-refractivity contribution in [2.24, 2.45) is 0 Å². The molecule has 0 saturated heterocycles. The SMILES string of the molecule is COc1ccccc1CCNC(=O)c1ccc(C(=O)c2cc3c(cc2C)C(C)(C)CCC3(C)C)o1. The van der Waals surface area contributed by atoms with E-state index in [1.807, 2.05) is 37.3 Å². The minimum absolute atomic E-state index is 0.00320. The number of carbonyl (C=O) groups excluding carboxylic acids is 2. The summed E-state index contributed by atoms with van der Waals surface area (Å²) in [4.78, 5) is 26.0. The van der Waals surface area contributed by atoms with E-state index < -0.39 is 0 Å². The van der Waals surface area contributed by atoms with Gasteiger partial charge in [0.15, 0.2) is 11.5 Å². The molecule has 0 spiro atoms. The first-order valence-electron chi connectivity index (χ1n) is 12.2. The van der Waals surface area contributed by atoms with Gasteiger partial charge in [0.1, 0.15) is 5.75 Å². The number of fused-ring (bicyclic) bond motifs is 1. The van der Waals surface area contributed by atoms with Crippen LogP contribution in [0.25, 0.3) is 0 Å². The van der Waals surface area contributed by atoms with E-state index in [1.54, 1.807) is 19.2 Å². The molecule has 0 saturated carbocycles. The number of benzene rings is 2. The lowest BCUT2D eigenvalue weighted by Gasteiger charge is -2.42. The van der Waals surface area contributed by atoms with Crippen molar-refractivity contribution in [2.75, 3.05) is 13.7 Å². The second kappa shape index (κ2) is 9.37. The lowest BCUT2D eigenvalue weighted by atomic mass is 9.62. The molecule has 3 aromatic rings. The average Bonchev–Trinajstić information content (AvgIpc) is 3.32. The van der Waals surface area contributed by atoms with Crippen molar-refractivity contribution in [1.29, 1.82) is 0 Å². The van der Waals surface area contributed by atoms with Crippen molar-refractivity contribution in [3.05, 3.63) is 87.9 Å². The zero-order valence-electron chi connectivity index (χ0n) is 21.6. The zero-order chi connectivity index (χ0) is 25.4. The van der Waals surface area contributed by atoms with Crippen molar-refractivity contribution in [3.63, 3.8) is 0 Å². The largest absolute Gasteiger partial charge is 0.496 e. The topological polar surface area (TPSA) is 68.5 Å². The number of amides is 1. The fourth-order valence-corrected chi connectivity index (χ4v) is 4.99. The van der Waals surface area contributed by atoms with Crippen molar-refractivity contribution in [1.82, 2.24) is 5.32 Å². The van der Waals surface area contributed by atoms with E-state index in [4.69, 9.17) is 9.15 Å². The third-order valence-corrected chi connectivity index (χ3v) is 7.37. The van der Waals surface area contributed by atoms with Crippen LogP contribution in [0.1, 0.15) is 89.5 Å². The van der Waals surface area contributed by atoms with Crippen LogP contribution < -0.4 is 10.1 Å². The molecule has 1 aromatic heterocycles. The second-order valence-electron chi connectivity index (χ2n) is 10.8. The monoisotopic (exact) mass is 473 g/mol. The van der Waals surface area contributed by atoms with Crippen LogP contribution in [0.15, 0.2) is 52.9 Å². The molecule has 2 aromatic carbocycles. The van der Waals surface area contributed by atoms with Gasteiger partial charge in [0.25, 0.3) is 5.91 Å². The van der Waals surface area contributed by atoms with Crippen LogP contribution in [0.3, 0.4) is 0 Å². The number of methoxy groups -OCH3 is 1. The Morgan fingerprint density at radius 2 is 1.57 bits per heavy atom. The normalized spacial score (nSPS) is 15.8. The summed E-state index contributed by atoms with van der Waals surface area (Å²) >= 11 is 0. The quantitative estimate of drug-likeness (QED) is 0.418. The van der Waals surface area contributed by atoms with E-state index in [0.717, 1.165) is 29.7 Å². The van der Waals surface area contributed by atoms with E-state index in [9.17, 15) is 9.59 Å². The molecule has 0 unspecified atom stereocenters. The number of furan rings is 1. The highest BCUT2D eigenvalue weighted by molar-refractivity contribution is 6.09. The Morgan fingerprint density at radius 3 is 2.26 bits per heavy atom. The molecule has 1 aliphatic rings. The molecule has 0 radical (unpaired) electrons. The fourth-order valence-electron chi connectivity index (χ4n) is 4.99. The van der Waals surface area contributed by atoms with Crippen molar-refractivity contribution in [3.8, 4) is 5.75 Å². The minimum atomic E-state index is -0.344. The van der Waals surface area contributed by atoms with Gasteiger partial charge in [-0.3, -0.25) is 9.59 Å². The summed E-state index contributed by atoms with van der Waals surface area (Å²) in [5.74, 6) is 0.558. The molecule has 5 nitrogen and oxygen atoms in total. The molecular formula is C30H35NO4. The molecule has 1 heterocycles.